The Kier molecular flexibility index (Phi) is 6.06. The lowest BCUT2D eigenvalue weighted by Gasteiger charge is -2.22. The number of hydrogen-bond acceptors (Lipinski definition) is 9. The molecule has 0 saturated heterocycles. The van der Waals surface area contributed by atoms with Crippen molar-refractivity contribution >= 4 is 22.8 Å². The standard InChI is InChI=1S/C22H27N9O/c1-6-30(7-2)15-8-9-16(14(3)12-15)25-18-19(22(32)29(4)5)28-31-20(26-27-21(18)31)17-13-23-10-11-24-17/h8-13,22,32H,6-7H2,1-5H3/b25-18-. The van der Waals surface area contributed by atoms with Crippen LogP contribution in [-0.2, 0) is 0 Å². The number of anilines is 1. The van der Waals surface area contributed by atoms with Crippen LogP contribution in [0.3, 0.4) is 0 Å². The Hall–Kier alpha value is -3.50. The van der Waals surface area contributed by atoms with Gasteiger partial charge in [0.2, 0.25) is 11.6 Å². The van der Waals surface area contributed by atoms with Gasteiger partial charge in [0.25, 0.3) is 0 Å². The first-order valence-electron chi connectivity index (χ1n) is 10.5. The van der Waals surface area contributed by atoms with Crippen molar-refractivity contribution < 1.29 is 5.11 Å². The van der Waals surface area contributed by atoms with E-state index < -0.39 is 6.23 Å². The number of aromatic nitrogens is 5. The lowest BCUT2D eigenvalue weighted by atomic mass is 10.1. The average molecular weight is 434 g/mol. The highest BCUT2D eigenvalue weighted by molar-refractivity contribution is 6.50. The van der Waals surface area contributed by atoms with Crippen LogP contribution in [0.4, 0.5) is 11.4 Å². The SMILES string of the molecule is CCN(CC)c1ccc(/N=C2/C(C(O)N(C)C)=Nn3c2nnc3-c2cnccn2)c(C)c1. The molecule has 32 heavy (non-hydrogen) atoms. The Morgan fingerprint density at radius 1 is 1.09 bits per heavy atom. The van der Waals surface area contributed by atoms with Gasteiger partial charge in [-0.25, -0.2) is 9.98 Å². The molecule has 1 atom stereocenters. The van der Waals surface area contributed by atoms with Crippen molar-refractivity contribution in [2.24, 2.45) is 10.1 Å². The van der Waals surface area contributed by atoms with Gasteiger partial charge in [-0.15, -0.1) is 10.2 Å². The number of fused-ring (bicyclic) bond motifs is 1. The third-order valence-electron chi connectivity index (χ3n) is 5.37. The number of aryl methyl sites for hydroxylation is 1. The van der Waals surface area contributed by atoms with Gasteiger partial charge in [0.1, 0.15) is 17.1 Å². The first-order valence-corrected chi connectivity index (χ1v) is 10.5. The summed E-state index contributed by atoms with van der Waals surface area (Å²) in [6.45, 7) is 8.17. The molecule has 166 valence electrons. The molecule has 10 heteroatoms. The van der Waals surface area contributed by atoms with E-state index in [1.165, 1.54) is 0 Å². The minimum atomic E-state index is -0.958. The van der Waals surface area contributed by atoms with Crippen LogP contribution >= 0.6 is 0 Å². The number of rotatable bonds is 7. The summed E-state index contributed by atoms with van der Waals surface area (Å²) in [7, 11) is 3.55. The molecule has 0 spiro atoms. The predicted octanol–water partition coefficient (Wildman–Crippen LogP) is 2.11. The van der Waals surface area contributed by atoms with Crippen LogP contribution in [0.25, 0.3) is 11.5 Å². The number of hydrogen-bond donors (Lipinski definition) is 1. The third-order valence-corrected chi connectivity index (χ3v) is 5.37. The number of aliphatic hydroxyl groups is 1. The van der Waals surface area contributed by atoms with Gasteiger partial charge < -0.3 is 10.0 Å². The van der Waals surface area contributed by atoms with Crippen LogP contribution in [0.1, 0.15) is 25.2 Å². The molecule has 1 N–H and O–H groups in total. The number of benzene rings is 1. The zero-order chi connectivity index (χ0) is 22.8. The molecule has 4 rings (SSSR count). The lowest BCUT2D eigenvalue weighted by Crippen LogP contribution is -2.38. The van der Waals surface area contributed by atoms with Crippen LogP contribution < -0.4 is 4.90 Å². The fourth-order valence-electron chi connectivity index (χ4n) is 3.56. The van der Waals surface area contributed by atoms with Gasteiger partial charge in [-0.1, -0.05) is 0 Å². The van der Waals surface area contributed by atoms with E-state index in [1.807, 2.05) is 13.0 Å². The van der Waals surface area contributed by atoms with Crippen molar-refractivity contribution in [3.05, 3.63) is 48.2 Å². The van der Waals surface area contributed by atoms with Crippen molar-refractivity contribution in [3.63, 3.8) is 0 Å². The van der Waals surface area contributed by atoms with E-state index >= 15 is 0 Å². The van der Waals surface area contributed by atoms with Gasteiger partial charge in [0.15, 0.2) is 6.23 Å². The normalized spacial score (nSPS) is 15.2. The van der Waals surface area contributed by atoms with E-state index in [9.17, 15) is 5.11 Å². The van der Waals surface area contributed by atoms with Gasteiger partial charge >= 0.3 is 0 Å². The average Bonchev–Trinajstić information content (AvgIpc) is 3.36. The first kappa shape index (κ1) is 21.7. The van der Waals surface area contributed by atoms with Crippen molar-refractivity contribution in [2.75, 3.05) is 32.1 Å². The lowest BCUT2D eigenvalue weighted by molar-refractivity contribution is 0.103. The number of nitrogens with zero attached hydrogens (tertiary/aromatic N) is 9. The van der Waals surface area contributed by atoms with E-state index in [0.717, 1.165) is 30.0 Å². The number of aliphatic imine (C=N–C) groups is 1. The van der Waals surface area contributed by atoms with Crippen molar-refractivity contribution in [3.8, 4) is 11.5 Å². The zero-order valence-electron chi connectivity index (χ0n) is 18.9. The summed E-state index contributed by atoms with van der Waals surface area (Å²) in [4.78, 5) is 17.2. The molecule has 1 unspecified atom stereocenters. The third kappa shape index (κ3) is 3.90. The highest BCUT2D eigenvalue weighted by Gasteiger charge is 2.34. The summed E-state index contributed by atoms with van der Waals surface area (Å²) in [6.07, 6.45) is 3.81. The van der Waals surface area contributed by atoms with E-state index in [2.05, 4.69) is 56.1 Å². The summed E-state index contributed by atoms with van der Waals surface area (Å²) in [5.41, 5.74) is 4.37. The van der Waals surface area contributed by atoms with E-state index in [4.69, 9.17) is 4.99 Å². The van der Waals surface area contributed by atoms with Crippen LogP contribution in [0.15, 0.2) is 46.9 Å². The fraction of sp³-hybridized carbons (Fsp3) is 0.364. The van der Waals surface area contributed by atoms with Gasteiger partial charge in [-0.05, 0) is 58.6 Å². The van der Waals surface area contributed by atoms with Gasteiger partial charge in [-0.3, -0.25) is 9.88 Å². The summed E-state index contributed by atoms with van der Waals surface area (Å²) in [5, 5.41) is 23.9. The van der Waals surface area contributed by atoms with Gasteiger partial charge in [0.05, 0.1) is 11.9 Å². The van der Waals surface area contributed by atoms with Gasteiger partial charge in [-0.2, -0.15) is 9.78 Å². The molecular formula is C22H27N9O. The fourth-order valence-corrected chi connectivity index (χ4v) is 3.56. The Bertz CT molecular complexity index is 1160. The summed E-state index contributed by atoms with van der Waals surface area (Å²) in [6, 6.07) is 6.16. The second-order valence-corrected chi connectivity index (χ2v) is 7.68. The van der Waals surface area contributed by atoms with E-state index in [-0.39, 0.29) is 0 Å². The van der Waals surface area contributed by atoms with Gasteiger partial charge in [0, 0.05) is 31.2 Å². The van der Waals surface area contributed by atoms with E-state index in [0.29, 0.717) is 28.8 Å². The molecule has 0 aliphatic carbocycles. The zero-order valence-corrected chi connectivity index (χ0v) is 18.9. The molecule has 3 heterocycles. The quantitative estimate of drug-likeness (QED) is 0.569. The first-order chi connectivity index (χ1) is 15.4. The van der Waals surface area contributed by atoms with Crippen LogP contribution in [-0.4, -0.2) is 79.7 Å². The predicted molar refractivity (Wildman–Crippen MR) is 125 cm³/mol. The Labute approximate surface area is 187 Å². The molecule has 2 aromatic heterocycles. The highest BCUT2D eigenvalue weighted by Crippen LogP contribution is 2.28. The molecule has 0 fully saturated rings. The second kappa shape index (κ2) is 8.93. The minimum Gasteiger partial charge on any atom is -0.372 e. The maximum atomic E-state index is 10.8. The Morgan fingerprint density at radius 2 is 1.84 bits per heavy atom. The van der Waals surface area contributed by atoms with Crippen LogP contribution in [0, 0.1) is 6.92 Å². The van der Waals surface area contributed by atoms with Crippen LogP contribution in [0.5, 0.6) is 0 Å². The summed E-state index contributed by atoms with van der Waals surface area (Å²) in [5.74, 6) is 0.893. The monoisotopic (exact) mass is 433 g/mol. The molecule has 0 amide bonds. The molecule has 3 aromatic rings. The summed E-state index contributed by atoms with van der Waals surface area (Å²) >= 11 is 0. The molecule has 0 bridgehead atoms. The van der Waals surface area contributed by atoms with Crippen LogP contribution in [0.2, 0.25) is 0 Å². The molecule has 1 aliphatic heterocycles. The molecule has 0 radical (unpaired) electrons. The molecule has 1 aliphatic rings. The molecule has 1 aromatic carbocycles. The second-order valence-electron chi connectivity index (χ2n) is 7.68. The molecule has 10 nitrogen and oxygen atoms in total. The van der Waals surface area contributed by atoms with E-state index in [1.54, 1.807) is 42.3 Å². The van der Waals surface area contributed by atoms with Crippen molar-refractivity contribution in [1.29, 1.82) is 0 Å². The Balaban J connectivity index is 1.81. The summed E-state index contributed by atoms with van der Waals surface area (Å²) < 4.78 is 1.56. The van der Waals surface area contributed by atoms with Crippen molar-refractivity contribution in [1.82, 2.24) is 29.7 Å². The number of aliphatic hydroxyl groups excluding tert-OH is 1. The minimum absolute atomic E-state index is 0.400. The smallest absolute Gasteiger partial charge is 0.205 e. The maximum Gasteiger partial charge on any atom is 0.205 e. The molecule has 0 saturated carbocycles. The topological polar surface area (TPSA) is 108 Å². The van der Waals surface area contributed by atoms with Crippen molar-refractivity contribution in [2.45, 2.75) is 27.0 Å². The maximum absolute atomic E-state index is 10.8. The largest absolute Gasteiger partial charge is 0.372 e. The molecular weight excluding hydrogens is 406 g/mol. The highest BCUT2D eigenvalue weighted by atomic mass is 16.3. The Morgan fingerprint density at radius 3 is 2.47 bits per heavy atom.